The third-order valence-electron chi connectivity index (χ3n) is 3.40. The van der Waals surface area contributed by atoms with E-state index in [1.807, 2.05) is 12.1 Å². The van der Waals surface area contributed by atoms with Crippen LogP contribution < -0.4 is 5.32 Å². The highest BCUT2D eigenvalue weighted by Crippen LogP contribution is 2.23. The molecule has 0 aliphatic rings. The average Bonchev–Trinajstić information content (AvgIpc) is 2.87. The van der Waals surface area contributed by atoms with Crippen molar-refractivity contribution in [2.75, 3.05) is 6.54 Å². The van der Waals surface area contributed by atoms with Crippen molar-refractivity contribution < 1.29 is 0 Å². The van der Waals surface area contributed by atoms with Gasteiger partial charge in [-0.05, 0) is 42.3 Å². The number of nitrogens with zero attached hydrogens (tertiary/aromatic N) is 1. The molecule has 1 atom stereocenters. The van der Waals surface area contributed by atoms with Gasteiger partial charge in [0.05, 0.1) is 0 Å². The summed E-state index contributed by atoms with van der Waals surface area (Å²) in [5.74, 6) is 0. The van der Waals surface area contributed by atoms with E-state index in [0.29, 0.717) is 16.1 Å². The molecule has 0 bridgehead atoms. The monoisotopic (exact) mass is 310 g/mol. The number of benzene rings is 1. The lowest BCUT2D eigenvalue weighted by Gasteiger charge is -2.14. The number of nitrogens with one attached hydrogen (secondary N) is 1. The lowest BCUT2D eigenvalue weighted by Crippen LogP contribution is -2.19. The van der Waals surface area contributed by atoms with Crippen LogP contribution in [-0.4, -0.2) is 11.1 Å². The molecule has 0 aliphatic carbocycles. The summed E-state index contributed by atoms with van der Waals surface area (Å²) in [6.07, 6.45) is 5.36. The fraction of sp³-hybridized carbons (Fsp3) is 0.375. The Morgan fingerprint density at radius 2 is 2.00 bits per heavy atom. The molecule has 1 aromatic carbocycles. The van der Waals surface area contributed by atoms with E-state index in [1.54, 1.807) is 6.07 Å². The van der Waals surface area contributed by atoms with Crippen LogP contribution in [0.1, 0.15) is 37.4 Å². The van der Waals surface area contributed by atoms with Gasteiger partial charge >= 0.3 is 0 Å². The van der Waals surface area contributed by atoms with Gasteiger partial charge in [0.25, 0.3) is 0 Å². The summed E-state index contributed by atoms with van der Waals surface area (Å²) in [7, 11) is 0. The fourth-order valence-electron chi connectivity index (χ4n) is 2.35. The summed E-state index contributed by atoms with van der Waals surface area (Å²) < 4.78 is 2.16. The molecule has 108 valence electrons. The van der Waals surface area contributed by atoms with Crippen LogP contribution in [0.15, 0.2) is 36.7 Å². The Balaban J connectivity index is 2.12. The molecule has 0 radical (unpaired) electrons. The normalized spacial score (nSPS) is 12.6. The predicted octanol–water partition coefficient (Wildman–Crippen LogP) is 4.90. The molecule has 0 spiro atoms. The van der Waals surface area contributed by atoms with Crippen LogP contribution in [0.4, 0.5) is 0 Å². The SMILES string of the molecule is CCNC(CC)c1ccn(Cc2ccc(Cl)cc2Cl)c1. The number of hydrogen-bond acceptors (Lipinski definition) is 1. The Morgan fingerprint density at radius 1 is 1.20 bits per heavy atom. The van der Waals surface area contributed by atoms with E-state index in [2.05, 4.69) is 42.2 Å². The zero-order valence-electron chi connectivity index (χ0n) is 11.9. The smallest absolute Gasteiger partial charge is 0.0485 e. The Kier molecular flexibility index (Phi) is 5.53. The first kappa shape index (κ1) is 15.4. The van der Waals surface area contributed by atoms with Crippen molar-refractivity contribution >= 4 is 23.2 Å². The van der Waals surface area contributed by atoms with E-state index in [4.69, 9.17) is 23.2 Å². The first-order chi connectivity index (χ1) is 9.63. The van der Waals surface area contributed by atoms with Crippen LogP contribution >= 0.6 is 23.2 Å². The molecular weight excluding hydrogens is 291 g/mol. The van der Waals surface area contributed by atoms with Crippen molar-refractivity contribution in [1.82, 2.24) is 9.88 Å². The molecule has 2 rings (SSSR count). The van der Waals surface area contributed by atoms with Gasteiger partial charge in [-0.2, -0.15) is 0 Å². The number of aromatic nitrogens is 1. The summed E-state index contributed by atoms with van der Waals surface area (Å²) in [6, 6.07) is 8.23. The van der Waals surface area contributed by atoms with Gasteiger partial charge < -0.3 is 9.88 Å². The Hall–Kier alpha value is -0.960. The summed E-state index contributed by atoms with van der Waals surface area (Å²) in [4.78, 5) is 0. The van der Waals surface area contributed by atoms with Gasteiger partial charge in [0, 0.05) is 35.0 Å². The number of rotatable bonds is 6. The maximum Gasteiger partial charge on any atom is 0.0485 e. The molecule has 1 unspecified atom stereocenters. The molecule has 2 nitrogen and oxygen atoms in total. The van der Waals surface area contributed by atoms with Gasteiger partial charge in [-0.15, -0.1) is 0 Å². The maximum atomic E-state index is 6.22. The Bertz CT molecular complexity index is 563. The van der Waals surface area contributed by atoms with Crippen LogP contribution in [0.5, 0.6) is 0 Å². The molecule has 20 heavy (non-hydrogen) atoms. The van der Waals surface area contributed by atoms with Crippen molar-refractivity contribution in [2.45, 2.75) is 32.9 Å². The summed E-state index contributed by atoms with van der Waals surface area (Å²) in [5, 5.41) is 4.87. The molecule has 1 N–H and O–H groups in total. The minimum absolute atomic E-state index is 0.418. The molecule has 0 amide bonds. The second kappa shape index (κ2) is 7.16. The molecule has 0 saturated carbocycles. The lowest BCUT2D eigenvalue weighted by molar-refractivity contribution is 0.536. The molecule has 1 aromatic heterocycles. The number of halogens is 2. The van der Waals surface area contributed by atoms with Gasteiger partial charge in [-0.1, -0.05) is 43.1 Å². The van der Waals surface area contributed by atoms with Gasteiger partial charge in [-0.3, -0.25) is 0 Å². The maximum absolute atomic E-state index is 6.22. The van der Waals surface area contributed by atoms with Gasteiger partial charge in [0.1, 0.15) is 0 Å². The third kappa shape index (κ3) is 3.78. The molecule has 0 saturated heterocycles. The molecular formula is C16H20Cl2N2. The van der Waals surface area contributed by atoms with Crippen molar-refractivity contribution in [2.24, 2.45) is 0 Å². The van der Waals surface area contributed by atoms with E-state index >= 15 is 0 Å². The van der Waals surface area contributed by atoms with Crippen LogP contribution in [0.2, 0.25) is 10.0 Å². The van der Waals surface area contributed by atoms with E-state index in [-0.39, 0.29) is 0 Å². The Labute approximate surface area is 130 Å². The molecule has 4 heteroatoms. The van der Waals surface area contributed by atoms with Gasteiger partial charge in [-0.25, -0.2) is 0 Å². The highest BCUT2D eigenvalue weighted by Gasteiger charge is 2.09. The van der Waals surface area contributed by atoms with Gasteiger partial charge in [0.15, 0.2) is 0 Å². The first-order valence-electron chi connectivity index (χ1n) is 6.97. The number of hydrogen-bond donors (Lipinski definition) is 1. The predicted molar refractivity (Wildman–Crippen MR) is 86.7 cm³/mol. The van der Waals surface area contributed by atoms with Crippen LogP contribution in [0.3, 0.4) is 0 Å². The van der Waals surface area contributed by atoms with E-state index in [0.717, 1.165) is 25.1 Å². The molecule has 0 fully saturated rings. The summed E-state index contributed by atoms with van der Waals surface area (Å²) in [5.41, 5.74) is 2.40. The molecule has 1 heterocycles. The van der Waals surface area contributed by atoms with Crippen molar-refractivity contribution in [3.63, 3.8) is 0 Å². The minimum Gasteiger partial charge on any atom is -0.350 e. The minimum atomic E-state index is 0.418. The summed E-state index contributed by atoms with van der Waals surface area (Å²) in [6.45, 7) is 6.07. The van der Waals surface area contributed by atoms with Crippen molar-refractivity contribution in [1.29, 1.82) is 0 Å². The van der Waals surface area contributed by atoms with E-state index < -0.39 is 0 Å². The quantitative estimate of drug-likeness (QED) is 0.802. The standard InChI is InChI=1S/C16H20Cl2N2/c1-3-16(19-4-2)13-7-8-20(11-13)10-12-5-6-14(17)9-15(12)18/h5-9,11,16,19H,3-4,10H2,1-2H3. The van der Waals surface area contributed by atoms with Crippen LogP contribution in [0, 0.1) is 0 Å². The van der Waals surface area contributed by atoms with Crippen LogP contribution in [0.25, 0.3) is 0 Å². The lowest BCUT2D eigenvalue weighted by atomic mass is 10.1. The summed E-state index contributed by atoms with van der Waals surface area (Å²) >= 11 is 12.1. The van der Waals surface area contributed by atoms with Crippen molar-refractivity contribution in [3.8, 4) is 0 Å². The molecule has 0 aliphatic heterocycles. The highest BCUT2D eigenvalue weighted by atomic mass is 35.5. The Morgan fingerprint density at radius 3 is 2.65 bits per heavy atom. The first-order valence-corrected chi connectivity index (χ1v) is 7.72. The van der Waals surface area contributed by atoms with E-state index in [9.17, 15) is 0 Å². The molecule has 2 aromatic rings. The van der Waals surface area contributed by atoms with Gasteiger partial charge in [0.2, 0.25) is 0 Å². The zero-order valence-corrected chi connectivity index (χ0v) is 13.4. The average molecular weight is 311 g/mol. The largest absolute Gasteiger partial charge is 0.350 e. The van der Waals surface area contributed by atoms with Crippen LogP contribution in [-0.2, 0) is 6.54 Å². The van der Waals surface area contributed by atoms with E-state index in [1.165, 1.54) is 5.56 Å². The second-order valence-corrected chi connectivity index (χ2v) is 5.72. The topological polar surface area (TPSA) is 17.0 Å². The fourth-order valence-corrected chi connectivity index (χ4v) is 2.82. The zero-order chi connectivity index (χ0) is 14.5. The van der Waals surface area contributed by atoms with Crippen molar-refractivity contribution in [3.05, 3.63) is 57.8 Å². The second-order valence-electron chi connectivity index (χ2n) is 4.87. The third-order valence-corrected chi connectivity index (χ3v) is 3.99. The highest BCUT2D eigenvalue weighted by molar-refractivity contribution is 6.35.